The fourth-order valence-corrected chi connectivity index (χ4v) is 4.23. The van der Waals surface area contributed by atoms with Crippen molar-refractivity contribution in [3.63, 3.8) is 0 Å². The van der Waals surface area contributed by atoms with Crippen LogP contribution in [-0.4, -0.2) is 0 Å². The minimum absolute atomic E-state index is 0.134. The van der Waals surface area contributed by atoms with Gasteiger partial charge in [-0.1, -0.05) is 38.3 Å². The van der Waals surface area contributed by atoms with Gasteiger partial charge in [0.05, 0.1) is 5.56 Å². The molecule has 0 atom stereocenters. The molecule has 0 unspecified atom stereocenters. The van der Waals surface area contributed by atoms with E-state index in [2.05, 4.69) is 6.92 Å². The van der Waals surface area contributed by atoms with E-state index in [0.29, 0.717) is 0 Å². The van der Waals surface area contributed by atoms with Crippen molar-refractivity contribution < 1.29 is 17.6 Å². The largest absolute Gasteiger partial charge is 0.206 e. The Bertz CT molecular complexity index is 805. The van der Waals surface area contributed by atoms with Crippen LogP contribution in [0.2, 0.25) is 0 Å². The zero-order chi connectivity index (χ0) is 19.6. The average molecular weight is 378 g/mol. The SMILES string of the molecule is CCCCC1CCC(c2ccc(-c3c(F)cc(C)c(F)c3F)c(F)c2)CC1. The number of unbranched alkanes of at least 4 members (excludes halogenated alkanes) is 1. The molecule has 2 aromatic carbocycles. The van der Waals surface area contributed by atoms with Crippen molar-refractivity contribution in [3.05, 3.63) is 58.7 Å². The molecule has 1 aliphatic rings. The van der Waals surface area contributed by atoms with Crippen molar-refractivity contribution in [2.75, 3.05) is 0 Å². The molecule has 0 bridgehead atoms. The van der Waals surface area contributed by atoms with Crippen LogP contribution in [0.1, 0.15) is 68.9 Å². The lowest BCUT2D eigenvalue weighted by Gasteiger charge is -2.29. The summed E-state index contributed by atoms with van der Waals surface area (Å²) in [5.74, 6) is -3.10. The molecule has 0 aromatic heterocycles. The summed E-state index contributed by atoms with van der Waals surface area (Å²) in [6.45, 7) is 3.48. The van der Waals surface area contributed by atoms with E-state index < -0.39 is 28.8 Å². The van der Waals surface area contributed by atoms with Crippen molar-refractivity contribution in [2.24, 2.45) is 5.92 Å². The normalized spacial score (nSPS) is 20.1. The molecular weight excluding hydrogens is 352 g/mol. The van der Waals surface area contributed by atoms with Gasteiger partial charge in [-0.05, 0) is 67.7 Å². The Kier molecular flexibility index (Phi) is 6.23. The van der Waals surface area contributed by atoms with Gasteiger partial charge in [-0.3, -0.25) is 0 Å². The zero-order valence-corrected chi connectivity index (χ0v) is 15.9. The first kappa shape index (κ1) is 19.9. The van der Waals surface area contributed by atoms with Gasteiger partial charge in [0.25, 0.3) is 0 Å². The van der Waals surface area contributed by atoms with Gasteiger partial charge in [-0.25, -0.2) is 17.6 Å². The van der Waals surface area contributed by atoms with Crippen LogP contribution in [0.3, 0.4) is 0 Å². The summed E-state index contributed by atoms with van der Waals surface area (Å²) >= 11 is 0. The molecular formula is C23H26F4. The fourth-order valence-electron chi connectivity index (χ4n) is 4.23. The van der Waals surface area contributed by atoms with Gasteiger partial charge < -0.3 is 0 Å². The highest BCUT2D eigenvalue weighted by molar-refractivity contribution is 5.66. The molecule has 0 amide bonds. The highest BCUT2D eigenvalue weighted by Crippen LogP contribution is 2.39. The predicted octanol–water partition coefficient (Wildman–Crippen LogP) is 7.68. The van der Waals surface area contributed by atoms with Gasteiger partial charge in [-0.2, -0.15) is 0 Å². The lowest BCUT2D eigenvalue weighted by molar-refractivity contribution is 0.304. The Balaban J connectivity index is 1.81. The predicted molar refractivity (Wildman–Crippen MR) is 101 cm³/mol. The minimum Gasteiger partial charge on any atom is -0.206 e. The van der Waals surface area contributed by atoms with Crippen molar-refractivity contribution in [3.8, 4) is 11.1 Å². The van der Waals surface area contributed by atoms with Crippen molar-refractivity contribution >= 4 is 0 Å². The second-order valence-corrected chi connectivity index (χ2v) is 7.78. The standard InChI is InChI=1S/C23H26F4/c1-3-4-5-15-6-8-16(9-7-15)17-10-11-18(19(24)13-17)21-20(25)12-14(2)22(26)23(21)27/h10-13,15-16H,3-9H2,1-2H3. The van der Waals surface area contributed by atoms with Crippen LogP contribution in [0.25, 0.3) is 11.1 Å². The molecule has 146 valence electrons. The molecule has 0 aliphatic heterocycles. The maximum Gasteiger partial charge on any atom is 0.169 e. The molecule has 2 aromatic rings. The number of halogens is 4. The van der Waals surface area contributed by atoms with Crippen LogP contribution < -0.4 is 0 Å². The molecule has 1 saturated carbocycles. The topological polar surface area (TPSA) is 0 Å². The maximum atomic E-state index is 14.7. The molecule has 3 rings (SSSR count). The number of rotatable bonds is 5. The monoisotopic (exact) mass is 378 g/mol. The summed E-state index contributed by atoms with van der Waals surface area (Å²) in [5.41, 5.74) is -0.140. The second kappa shape index (κ2) is 8.45. The molecule has 0 saturated heterocycles. The van der Waals surface area contributed by atoms with E-state index in [9.17, 15) is 17.6 Å². The number of hydrogen-bond acceptors (Lipinski definition) is 0. The van der Waals surface area contributed by atoms with E-state index in [0.717, 1.165) is 43.2 Å². The maximum absolute atomic E-state index is 14.7. The zero-order valence-electron chi connectivity index (χ0n) is 15.9. The Morgan fingerprint density at radius 2 is 1.59 bits per heavy atom. The van der Waals surface area contributed by atoms with Crippen LogP contribution >= 0.6 is 0 Å². The molecule has 0 N–H and O–H groups in total. The van der Waals surface area contributed by atoms with Crippen LogP contribution in [0.4, 0.5) is 17.6 Å². The molecule has 0 spiro atoms. The first-order valence-electron chi connectivity index (χ1n) is 9.86. The highest BCUT2D eigenvalue weighted by atomic mass is 19.2. The summed E-state index contributed by atoms with van der Waals surface area (Å²) in [6, 6.07) is 5.37. The van der Waals surface area contributed by atoms with E-state index in [1.165, 1.54) is 38.3 Å². The summed E-state index contributed by atoms with van der Waals surface area (Å²) in [7, 11) is 0. The summed E-state index contributed by atoms with van der Waals surface area (Å²) in [5, 5.41) is 0. The van der Waals surface area contributed by atoms with Crippen LogP contribution in [-0.2, 0) is 0 Å². The number of benzene rings is 2. The third-order valence-electron chi connectivity index (χ3n) is 5.89. The molecule has 27 heavy (non-hydrogen) atoms. The Morgan fingerprint density at radius 1 is 0.889 bits per heavy atom. The van der Waals surface area contributed by atoms with E-state index in [-0.39, 0.29) is 17.0 Å². The highest BCUT2D eigenvalue weighted by Gasteiger charge is 2.25. The Labute approximate surface area is 158 Å². The van der Waals surface area contributed by atoms with Crippen molar-refractivity contribution in [2.45, 2.75) is 64.7 Å². The summed E-state index contributed by atoms with van der Waals surface area (Å²) < 4.78 is 56.9. The summed E-state index contributed by atoms with van der Waals surface area (Å²) in [6.07, 6.45) is 8.02. The number of hydrogen-bond donors (Lipinski definition) is 0. The third kappa shape index (κ3) is 4.20. The quantitative estimate of drug-likeness (QED) is 0.370. The molecule has 0 heterocycles. The Hall–Kier alpha value is -1.84. The van der Waals surface area contributed by atoms with E-state index >= 15 is 0 Å². The molecule has 1 aliphatic carbocycles. The first-order chi connectivity index (χ1) is 12.9. The van der Waals surface area contributed by atoms with E-state index in [1.54, 1.807) is 6.07 Å². The van der Waals surface area contributed by atoms with Crippen molar-refractivity contribution in [1.82, 2.24) is 0 Å². The van der Waals surface area contributed by atoms with Crippen LogP contribution in [0.5, 0.6) is 0 Å². The van der Waals surface area contributed by atoms with Gasteiger partial charge in [0, 0.05) is 5.56 Å². The lowest BCUT2D eigenvalue weighted by Crippen LogP contribution is -2.13. The number of aryl methyl sites for hydroxylation is 1. The first-order valence-corrected chi connectivity index (χ1v) is 9.86. The van der Waals surface area contributed by atoms with Gasteiger partial charge in [-0.15, -0.1) is 0 Å². The van der Waals surface area contributed by atoms with Gasteiger partial charge in [0.2, 0.25) is 0 Å². The average Bonchev–Trinajstić information content (AvgIpc) is 2.66. The third-order valence-corrected chi connectivity index (χ3v) is 5.89. The van der Waals surface area contributed by atoms with Gasteiger partial charge in [0.15, 0.2) is 11.6 Å². The minimum atomic E-state index is -1.34. The van der Waals surface area contributed by atoms with Crippen LogP contribution in [0.15, 0.2) is 24.3 Å². The second-order valence-electron chi connectivity index (χ2n) is 7.78. The molecule has 0 radical (unpaired) electrons. The van der Waals surface area contributed by atoms with Crippen LogP contribution in [0, 0.1) is 36.1 Å². The lowest BCUT2D eigenvalue weighted by atomic mass is 9.77. The van der Waals surface area contributed by atoms with E-state index in [4.69, 9.17) is 0 Å². The van der Waals surface area contributed by atoms with Gasteiger partial charge in [0.1, 0.15) is 11.6 Å². The fraction of sp³-hybridized carbons (Fsp3) is 0.478. The smallest absolute Gasteiger partial charge is 0.169 e. The molecule has 1 fully saturated rings. The molecule has 0 nitrogen and oxygen atoms in total. The van der Waals surface area contributed by atoms with Gasteiger partial charge >= 0.3 is 0 Å². The van der Waals surface area contributed by atoms with E-state index in [1.807, 2.05) is 0 Å². The Morgan fingerprint density at radius 3 is 2.22 bits per heavy atom. The summed E-state index contributed by atoms with van der Waals surface area (Å²) in [4.78, 5) is 0. The molecule has 4 heteroatoms. The van der Waals surface area contributed by atoms with Crippen molar-refractivity contribution in [1.29, 1.82) is 0 Å².